The number of hydrogen-bond donors (Lipinski definition) is 0. The summed E-state index contributed by atoms with van der Waals surface area (Å²) in [6, 6.07) is 5.53. The lowest BCUT2D eigenvalue weighted by Crippen LogP contribution is -2.04. The molecular weight excluding hydrogens is 253 g/mol. The van der Waals surface area contributed by atoms with Gasteiger partial charge in [0.1, 0.15) is 11.6 Å². The summed E-state index contributed by atoms with van der Waals surface area (Å²) >= 11 is 0. The third-order valence-corrected chi connectivity index (χ3v) is 2.43. The summed E-state index contributed by atoms with van der Waals surface area (Å²) in [7, 11) is 1.47. The number of halogens is 1. The van der Waals surface area contributed by atoms with Crippen molar-refractivity contribution < 1.29 is 23.2 Å². The summed E-state index contributed by atoms with van der Waals surface area (Å²) in [4.78, 5) is 11.4. The van der Waals surface area contributed by atoms with Crippen molar-refractivity contribution in [2.45, 2.75) is 6.92 Å². The van der Waals surface area contributed by atoms with E-state index in [0.29, 0.717) is 5.75 Å². The Morgan fingerprint density at radius 3 is 2.89 bits per heavy atom. The average molecular weight is 265 g/mol. The van der Waals surface area contributed by atoms with E-state index in [1.807, 2.05) is 0 Å². The molecule has 2 aromatic rings. The smallest absolute Gasteiger partial charge is 0.360 e. The number of aromatic nitrogens is 1. The average Bonchev–Trinajstić information content (AvgIpc) is 2.89. The number of ether oxygens (including phenoxy) is 2. The third-order valence-electron chi connectivity index (χ3n) is 2.43. The quantitative estimate of drug-likeness (QED) is 0.795. The van der Waals surface area contributed by atoms with Crippen LogP contribution < -0.4 is 4.74 Å². The first-order valence-corrected chi connectivity index (χ1v) is 5.63. The maximum absolute atomic E-state index is 13.7. The summed E-state index contributed by atoms with van der Waals surface area (Å²) in [5.41, 5.74) is 0.168. The molecule has 5 nitrogen and oxygen atoms in total. The van der Waals surface area contributed by atoms with Gasteiger partial charge in [-0.05, 0) is 25.1 Å². The highest BCUT2D eigenvalue weighted by Gasteiger charge is 2.17. The van der Waals surface area contributed by atoms with Crippen molar-refractivity contribution in [1.82, 2.24) is 5.16 Å². The molecule has 19 heavy (non-hydrogen) atoms. The van der Waals surface area contributed by atoms with Crippen molar-refractivity contribution in [3.63, 3.8) is 0 Å². The van der Waals surface area contributed by atoms with Crippen molar-refractivity contribution in [3.05, 3.63) is 35.8 Å². The molecule has 0 fully saturated rings. The summed E-state index contributed by atoms with van der Waals surface area (Å²) in [6.45, 7) is 1.91. The van der Waals surface area contributed by atoms with Gasteiger partial charge in [-0.1, -0.05) is 5.16 Å². The van der Waals surface area contributed by atoms with Crippen LogP contribution in [-0.4, -0.2) is 24.8 Å². The Hall–Kier alpha value is -2.37. The Balaban J connectivity index is 2.34. The van der Waals surface area contributed by atoms with E-state index in [9.17, 15) is 9.18 Å². The lowest BCUT2D eigenvalue weighted by Gasteiger charge is -2.02. The first-order valence-electron chi connectivity index (χ1n) is 5.63. The van der Waals surface area contributed by atoms with Gasteiger partial charge in [-0.15, -0.1) is 0 Å². The Kier molecular flexibility index (Phi) is 3.79. The summed E-state index contributed by atoms with van der Waals surface area (Å²) in [6.07, 6.45) is 0. The maximum atomic E-state index is 13.7. The minimum absolute atomic E-state index is 0.000861. The minimum Gasteiger partial charge on any atom is -0.497 e. The molecule has 0 atom stereocenters. The second-order valence-corrected chi connectivity index (χ2v) is 3.64. The molecule has 0 aliphatic rings. The molecule has 100 valence electrons. The molecular formula is C13H12FNO4. The SMILES string of the molecule is CCOC(=O)c1cc(-c2cc(OC)ccc2F)on1. The Bertz CT molecular complexity index is 594. The summed E-state index contributed by atoms with van der Waals surface area (Å²) < 4.78 is 28.4. The predicted octanol–water partition coefficient (Wildman–Crippen LogP) is 2.67. The van der Waals surface area contributed by atoms with Crippen LogP contribution in [0.3, 0.4) is 0 Å². The highest BCUT2D eigenvalue weighted by molar-refractivity contribution is 5.88. The molecule has 6 heteroatoms. The molecule has 1 aromatic carbocycles. The Morgan fingerprint density at radius 2 is 2.21 bits per heavy atom. The fourth-order valence-corrected chi connectivity index (χ4v) is 1.52. The van der Waals surface area contributed by atoms with Crippen LogP contribution in [0.15, 0.2) is 28.8 Å². The molecule has 0 aliphatic heterocycles. The van der Waals surface area contributed by atoms with Crippen molar-refractivity contribution in [3.8, 4) is 17.1 Å². The van der Waals surface area contributed by atoms with Gasteiger partial charge in [-0.25, -0.2) is 9.18 Å². The van der Waals surface area contributed by atoms with E-state index in [-0.39, 0.29) is 23.6 Å². The molecule has 0 bridgehead atoms. The van der Waals surface area contributed by atoms with Gasteiger partial charge >= 0.3 is 5.97 Å². The van der Waals surface area contributed by atoms with E-state index in [1.165, 1.54) is 31.4 Å². The minimum atomic E-state index is -0.610. The van der Waals surface area contributed by atoms with E-state index >= 15 is 0 Å². The third kappa shape index (κ3) is 2.73. The van der Waals surface area contributed by atoms with Gasteiger partial charge in [-0.3, -0.25) is 0 Å². The standard InChI is InChI=1S/C13H12FNO4/c1-3-18-13(16)11-7-12(19-15-11)9-6-8(17-2)4-5-10(9)14/h4-7H,3H2,1-2H3. The van der Waals surface area contributed by atoms with Crippen LogP contribution in [0.5, 0.6) is 5.75 Å². The molecule has 0 saturated heterocycles. The number of nitrogens with zero attached hydrogens (tertiary/aromatic N) is 1. The number of rotatable bonds is 4. The second kappa shape index (κ2) is 5.51. The lowest BCUT2D eigenvalue weighted by molar-refractivity contribution is 0.0514. The van der Waals surface area contributed by atoms with E-state index < -0.39 is 11.8 Å². The molecule has 0 aliphatic carbocycles. The number of benzene rings is 1. The van der Waals surface area contributed by atoms with Crippen molar-refractivity contribution in [2.24, 2.45) is 0 Å². The lowest BCUT2D eigenvalue weighted by atomic mass is 10.1. The number of carbonyl (C=O) groups excluding carboxylic acids is 1. The number of hydrogen-bond acceptors (Lipinski definition) is 5. The zero-order chi connectivity index (χ0) is 13.8. The topological polar surface area (TPSA) is 61.6 Å². The number of methoxy groups -OCH3 is 1. The molecule has 0 spiro atoms. The summed E-state index contributed by atoms with van der Waals surface area (Å²) in [5, 5.41) is 3.55. The molecule has 0 N–H and O–H groups in total. The van der Waals surface area contributed by atoms with Crippen LogP contribution >= 0.6 is 0 Å². The Labute approximate surface area is 108 Å². The number of esters is 1. The van der Waals surface area contributed by atoms with Crippen LogP contribution in [0.1, 0.15) is 17.4 Å². The van der Waals surface area contributed by atoms with Gasteiger partial charge in [0.15, 0.2) is 11.5 Å². The molecule has 0 unspecified atom stereocenters. The molecule has 1 aromatic heterocycles. The monoisotopic (exact) mass is 265 g/mol. The zero-order valence-corrected chi connectivity index (χ0v) is 10.5. The van der Waals surface area contributed by atoms with Gasteiger partial charge in [0, 0.05) is 6.07 Å². The summed E-state index contributed by atoms with van der Waals surface area (Å²) in [5.74, 6) is -0.488. The van der Waals surface area contributed by atoms with Crippen LogP contribution in [0.2, 0.25) is 0 Å². The maximum Gasteiger partial charge on any atom is 0.360 e. The van der Waals surface area contributed by atoms with Gasteiger partial charge in [0.05, 0.1) is 19.3 Å². The van der Waals surface area contributed by atoms with Crippen LogP contribution in [-0.2, 0) is 4.74 Å². The van der Waals surface area contributed by atoms with Gasteiger partial charge in [-0.2, -0.15) is 0 Å². The van der Waals surface area contributed by atoms with Gasteiger partial charge in [0.2, 0.25) is 0 Å². The van der Waals surface area contributed by atoms with Crippen molar-refractivity contribution >= 4 is 5.97 Å². The molecule has 1 heterocycles. The van der Waals surface area contributed by atoms with E-state index in [0.717, 1.165) is 0 Å². The highest BCUT2D eigenvalue weighted by Crippen LogP contribution is 2.27. The molecule has 0 saturated carbocycles. The molecule has 2 rings (SSSR count). The highest BCUT2D eigenvalue weighted by atomic mass is 19.1. The van der Waals surface area contributed by atoms with Crippen LogP contribution in [0, 0.1) is 5.82 Å². The first kappa shape index (κ1) is 13.1. The Morgan fingerprint density at radius 1 is 1.42 bits per heavy atom. The normalized spacial score (nSPS) is 10.3. The fraction of sp³-hybridized carbons (Fsp3) is 0.231. The van der Waals surface area contributed by atoms with Crippen molar-refractivity contribution in [1.29, 1.82) is 0 Å². The van der Waals surface area contributed by atoms with E-state index in [2.05, 4.69) is 5.16 Å². The predicted molar refractivity (Wildman–Crippen MR) is 64.4 cm³/mol. The van der Waals surface area contributed by atoms with Crippen molar-refractivity contribution in [2.75, 3.05) is 13.7 Å². The largest absolute Gasteiger partial charge is 0.497 e. The molecule has 0 amide bonds. The van der Waals surface area contributed by atoms with Crippen LogP contribution in [0.4, 0.5) is 4.39 Å². The van der Waals surface area contributed by atoms with E-state index in [1.54, 1.807) is 6.92 Å². The van der Waals surface area contributed by atoms with Gasteiger partial charge in [0.25, 0.3) is 0 Å². The second-order valence-electron chi connectivity index (χ2n) is 3.64. The zero-order valence-electron chi connectivity index (χ0n) is 10.5. The fourth-order valence-electron chi connectivity index (χ4n) is 1.52. The van der Waals surface area contributed by atoms with E-state index in [4.69, 9.17) is 14.0 Å². The van der Waals surface area contributed by atoms with Crippen LogP contribution in [0.25, 0.3) is 11.3 Å². The number of carbonyl (C=O) groups is 1. The van der Waals surface area contributed by atoms with Gasteiger partial charge < -0.3 is 14.0 Å². The first-order chi connectivity index (χ1) is 9.15. The molecule has 0 radical (unpaired) electrons.